The molecule has 2 rings (SSSR count). The summed E-state index contributed by atoms with van der Waals surface area (Å²) in [7, 11) is 1.81. The molecule has 1 aliphatic heterocycles. The average Bonchev–Trinajstić information content (AvgIpc) is 2.60. The van der Waals surface area contributed by atoms with Gasteiger partial charge in [-0.3, -0.25) is 9.48 Å². The van der Waals surface area contributed by atoms with Crippen LogP contribution in [0.5, 0.6) is 0 Å². The molecular formula is C13H22N4O. The zero-order valence-corrected chi connectivity index (χ0v) is 11.6. The van der Waals surface area contributed by atoms with Gasteiger partial charge in [0.2, 0.25) is 0 Å². The molecule has 1 amide bonds. The smallest absolute Gasteiger partial charge is 0.272 e. The second-order valence-corrected chi connectivity index (χ2v) is 5.91. The Morgan fingerprint density at radius 2 is 2.22 bits per heavy atom. The highest BCUT2D eigenvalue weighted by Crippen LogP contribution is 2.28. The number of carbonyl (C=O) groups excluding carboxylic acids is 1. The van der Waals surface area contributed by atoms with Crippen molar-refractivity contribution in [2.75, 3.05) is 13.1 Å². The molecule has 0 aromatic carbocycles. The summed E-state index contributed by atoms with van der Waals surface area (Å²) in [5.74, 6) is 0.0538. The van der Waals surface area contributed by atoms with Gasteiger partial charge in [-0.1, -0.05) is 13.8 Å². The molecule has 0 bridgehead atoms. The zero-order chi connectivity index (χ0) is 13.5. The number of nitrogens with two attached hydrogens (primary N) is 1. The average molecular weight is 250 g/mol. The molecule has 1 aliphatic rings. The van der Waals surface area contributed by atoms with Crippen molar-refractivity contribution in [2.24, 2.45) is 18.2 Å². The van der Waals surface area contributed by atoms with Crippen molar-refractivity contribution >= 4 is 5.91 Å². The van der Waals surface area contributed by atoms with Crippen LogP contribution in [-0.4, -0.2) is 39.7 Å². The van der Waals surface area contributed by atoms with E-state index in [0.717, 1.165) is 18.7 Å². The maximum Gasteiger partial charge on any atom is 0.272 e. The van der Waals surface area contributed by atoms with Crippen LogP contribution in [0.3, 0.4) is 0 Å². The van der Waals surface area contributed by atoms with Gasteiger partial charge in [0.1, 0.15) is 5.69 Å². The van der Waals surface area contributed by atoms with Gasteiger partial charge in [-0.25, -0.2) is 0 Å². The molecule has 0 spiro atoms. The van der Waals surface area contributed by atoms with E-state index in [1.54, 1.807) is 11.7 Å². The monoisotopic (exact) mass is 250 g/mol. The molecule has 1 aromatic rings. The van der Waals surface area contributed by atoms with Gasteiger partial charge < -0.3 is 10.6 Å². The van der Waals surface area contributed by atoms with E-state index in [1.165, 1.54) is 0 Å². The summed E-state index contributed by atoms with van der Waals surface area (Å²) in [6.45, 7) is 7.56. The van der Waals surface area contributed by atoms with Gasteiger partial charge in [-0.05, 0) is 24.8 Å². The predicted octanol–water partition coefficient (Wildman–Crippen LogP) is 0.928. The van der Waals surface area contributed by atoms with E-state index >= 15 is 0 Å². The molecule has 5 nitrogen and oxygen atoms in total. The number of piperidine rings is 1. The van der Waals surface area contributed by atoms with Gasteiger partial charge in [0.05, 0.1) is 5.69 Å². The van der Waals surface area contributed by atoms with Gasteiger partial charge in [-0.2, -0.15) is 5.10 Å². The van der Waals surface area contributed by atoms with E-state index in [1.807, 2.05) is 17.9 Å². The molecule has 0 saturated carbocycles. The third-order valence-electron chi connectivity index (χ3n) is 3.82. The van der Waals surface area contributed by atoms with E-state index in [-0.39, 0.29) is 17.4 Å². The van der Waals surface area contributed by atoms with E-state index in [4.69, 9.17) is 5.73 Å². The summed E-state index contributed by atoms with van der Waals surface area (Å²) in [5.41, 5.74) is 7.59. The summed E-state index contributed by atoms with van der Waals surface area (Å²) >= 11 is 0. The van der Waals surface area contributed by atoms with Gasteiger partial charge in [0, 0.05) is 26.2 Å². The van der Waals surface area contributed by atoms with Crippen LogP contribution in [-0.2, 0) is 7.05 Å². The Bertz CT molecular complexity index is 464. The summed E-state index contributed by atoms with van der Waals surface area (Å²) in [6.07, 6.45) is 0.857. The Morgan fingerprint density at radius 1 is 1.56 bits per heavy atom. The summed E-state index contributed by atoms with van der Waals surface area (Å²) in [4.78, 5) is 14.3. The van der Waals surface area contributed by atoms with E-state index in [2.05, 4.69) is 18.9 Å². The van der Waals surface area contributed by atoms with Crippen molar-refractivity contribution in [3.05, 3.63) is 17.5 Å². The van der Waals surface area contributed by atoms with Crippen LogP contribution < -0.4 is 5.73 Å². The molecule has 1 fully saturated rings. The largest absolute Gasteiger partial charge is 0.337 e. The Kier molecular flexibility index (Phi) is 3.19. The van der Waals surface area contributed by atoms with E-state index in [0.29, 0.717) is 12.2 Å². The minimum Gasteiger partial charge on any atom is -0.337 e. The highest BCUT2D eigenvalue weighted by Gasteiger charge is 2.36. The van der Waals surface area contributed by atoms with Gasteiger partial charge in [0.25, 0.3) is 5.91 Å². The molecule has 5 heteroatoms. The second-order valence-electron chi connectivity index (χ2n) is 5.91. The first-order valence-electron chi connectivity index (χ1n) is 6.37. The molecule has 0 aliphatic carbocycles. The summed E-state index contributed by atoms with van der Waals surface area (Å²) < 4.78 is 1.65. The van der Waals surface area contributed by atoms with E-state index in [9.17, 15) is 4.79 Å². The highest BCUT2D eigenvalue weighted by atomic mass is 16.2. The first-order chi connectivity index (χ1) is 8.31. The van der Waals surface area contributed by atoms with Gasteiger partial charge in [-0.15, -0.1) is 0 Å². The van der Waals surface area contributed by atoms with Crippen LogP contribution in [0.15, 0.2) is 6.07 Å². The van der Waals surface area contributed by atoms with Crippen LogP contribution >= 0.6 is 0 Å². The molecule has 2 heterocycles. The minimum absolute atomic E-state index is 0.0262. The molecule has 2 N–H and O–H groups in total. The molecule has 1 saturated heterocycles. The molecule has 1 unspecified atom stereocenters. The summed E-state index contributed by atoms with van der Waals surface area (Å²) in [6, 6.07) is 2.00. The van der Waals surface area contributed by atoms with Crippen molar-refractivity contribution in [3.63, 3.8) is 0 Å². The maximum atomic E-state index is 12.5. The number of hydrogen-bond donors (Lipinski definition) is 1. The van der Waals surface area contributed by atoms with Crippen LogP contribution in [0, 0.1) is 12.3 Å². The van der Waals surface area contributed by atoms with Crippen LogP contribution in [0.25, 0.3) is 0 Å². The molecule has 0 radical (unpaired) electrons. The quantitative estimate of drug-likeness (QED) is 0.806. The number of likely N-dealkylation sites (tertiary alicyclic amines) is 1. The number of nitrogens with zero attached hydrogens (tertiary/aromatic N) is 3. The van der Waals surface area contributed by atoms with Crippen molar-refractivity contribution in [1.29, 1.82) is 0 Å². The van der Waals surface area contributed by atoms with Crippen molar-refractivity contribution in [1.82, 2.24) is 14.7 Å². The SMILES string of the molecule is Cc1cc(C(=O)N2CCC(N)C(C)(C)C2)n(C)n1. The standard InChI is InChI=1S/C13H22N4O/c1-9-7-10(16(4)15-9)12(18)17-6-5-11(14)13(2,3)8-17/h7,11H,5-6,8,14H2,1-4H3. The maximum absolute atomic E-state index is 12.5. The van der Waals surface area contributed by atoms with E-state index < -0.39 is 0 Å². The number of rotatable bonds is 1. The zero-order valence-electron chi connectivity index (χ0n) is 11.6. The third kappa shape index (κ3) is 2.27. The topological polar surface area (TPSA) is 64.2 Å². The lowest BCUT2D eigenvalue weighted by molar-refractivity contribution is 0.0522. The van der Waals surface area contributed by atoms with Crippen LogP contribution in [0.1, 0.15) is 36.5 Å². The normalized spacial score (nSPS) is 23.2. The number of aryl methyl sites for hydroxylation is 2. The lowest BCUT2D eigenvalue weighted by Crippen LogP contribution is -2.54. The predicted molar refractivity (Wildman–Crippen MR) is 70.2 cm³/mol. The lowest BCUT2D eigenvalue weighted by atomic mass is 9.79. The van der Waals surface area contributed by atoms with Crippen LogP contribution in [0.2, 0.25) is 0 Å². The number of amides is 1. The number of carbonyl (C=O) groups is 1. The van der Waals surface area contributed by atoms with Gasteiger partial charge in [0.15, 0.2) is 0 Å². The molecule has 1 atom stereocenters. The number of aromatic nitrogens is 2. The highest BCUT2D eigenvalue weighted by molar-refractivity contribution is 5.92. The Morgan fingerprint density at radius 3 is 2.72 bits per heavy atom. The first kappa shape index (κ1) is 13.1. The van der Waals surface area contributed by atoms with Crippen LogP contribution in [0.4, 0.5) is 0 Å². The molecule has 1 aromatic heterocycles. The fraction of sp³-hybridized carbons (Fsp3) is 0.692. The second kappa shape index (κ2) is 4.39. The molecule has 18 heavy (non-hydrogen) atoms. The third-order valence-corrected chi connectivity index (χ3v) is 3.82. The van der Waals surface area contributed by atoms with Crippen molar-refractivity contribution in [2.45, 2.75) is 33.2 Å². The Labute approximate surface area is 108 Å². The molecule has 100 valence electrons. The van der Waals surface area contributed by atoms with Crippen molar-refractivity contribution in [3.8, 4) is 0 Å². The number of hydrogen-bond acceptors (Lipinski definition) is 3. The summed E-state index contributed by atoms with van der Waals surface area (Å²) in [5, 5.41) is 4.22. The Hall–Kier alpha value is -1.36. The lowest BCUT2D eigenvalue weighted by Gasteiger charge is -2.42. The van der Waals surface area contributed by atoms with Gasteiger partial charge >= 0.3 is 0 Å². The fourth-order valence-corrected chi connectivity index (χ4v) is 2.52. The van der Waals surface area contributed by atoms with Crippen molar-refractivity contribution < 1.29 is 4.79 Å². The Balaban J connectivity index is 2.18. The first-order valence-corrected chi connectivity index (χ1v) is 6.37. The molecular weight excluding hydrogens is 228 g/mol. The fourth-order valence-electron chi connectivity index (χ4n) is 2.52. The minimum atomic E-state index is -0.0262.